The van der Waals surface area contributed by atoms with Gasteiger partial charge in [0.15, 0.2) is 0 Å². The summed E-state index contributed by atoms with van der Waals surface area (Å²) in [5.41, 5.74) is 6.77. The van der Waals surface area contributed by atoms with E-state index in [1.54, 1.807) is 18.2 Å². The molecule has 0 aromatic heterocycles. The Labute approximate surface area is 86.2 Å². The average molecular weight is 242 g/mol. The van der Waals surface area contributed by atoms with Crippen LogP contribution in [0.3, 0.4) is 0 Å². The van der Waals surface area contributed by atoms with Crippen LogP contribution in [-0.4, -0.2) is 5.11 Å². The van der Waals surface area contributed by atoms with Crippen molar-refractivity contribution in [2.75, 3.05) is 0 Å². The Balaban J connectivity index is 3.00. The van der Waals surface area contributed by atoms with Crippen LogP contribution in [0.5, 0.6) is 5.75 Å². The van der Waals surface area contributed by atoms with E-state index in [2.05, 4.69) is 22.5 Å². The van der Waals surface area contributed by atoms with Gasteiger partial charge >= 0.3 is 0 Å². The van der Waals surface area contributed by atoms with Crippen molar-refractivity contribution in [1.82, 2.24) is 0 Å². The van der Waals surface area contributed by atoms with Crippen LogP contribution in [0.2, 0.25) is 0 Å². The zero-order valence-corrected chi connectivity index (χ0v) is 8.79. The van der Waals surface area contributed by atoms with Gasteiger partial charge in [-0.15, -0.1) is 6.58 Å². The zero-order valence-electron chi connectivity index (χ0n) is 7.20. The highest BCUT2D eigenvalue weighted by molar-refractivity contribution is 9.10. The molecule has 0 aliphatic heterocycles. The van der Waals surface area contributed by atoms with E-state index in [1.165, 1.54) is 0 Å². The molecule has 13 heavy (non-hydrogen) atoms. The van der Waals surface area contributed by atoms with Gasteiger partial charge in [0.1, 0.15) is 5.75 Å². The summed E-state index contributed by atoms with van der Waals surface area (Å²) in [6, 6.07) is 5.17. The maximum Gasteiger partial charge on any atom is 0.130 e. The molecule has 1 rings (SSSR count). The topological polar surface area (TPSA) is 46.2 Å². The number of hydrogen-bond acceptors (Lipinski definition) is 2. The quantitative estimate of drug-likeness (QED) is 0.800. The highest BCUT2D eigenvalue weighted by Gasteiger charge is 2.10. The summed E-state index contributed by atoms with van der Waals surface area (Å²) >= 11 is 3.29. The second-order valence-corrected chi connectivity index (χ2v) is 3.60. The van der Waals surface area contributed by atoms with Crippen molar-refractivity contribution in [2.45, 2.75) is 12.5 Å². The van der Waals surface area contributed by atoms with E-state index in [0.29, 0.717) is 10.9 Å². The number of aromatic hydroxyl groups is 1. The van der Waals surface area contributed by atoms with Gasteiger partial charge in [0, 0.05) is 6.04 Å². The number of nitrogens with two attached hydrogens (primary N) is 1. The summed E-state index contributed by atoms with van der Waals surface area (Å²) in [6.45, 7) is 3.62. The van der Waals surface area contributed by atoms with Crippen molar-refractivity contribution < 1.29 is 5.11 Å². The van der Waals surface area contributed by atoms with E-state index in [0.717, 1.165) is 5.56 Å². The number of halogens is 1. The lowest BCUT2D eigenvalue weighted by Crippen LogP contribution is -2.09. The van der Waals surface area contributed by atoms with Crippen LogP contribution in [0.15, 0.2) is 35.3 Å². The van der Waals surface area contributed by atoms with Crippen molar-refractivity contribution in [3.05, 3.63) is 40.9 Å². The molecular formula is C10H12BrNO. The third kappa shape index (κ3) is 2.32. The smallest absolute Gasteiger partial charge is 0.130 e. The molecule has 0 saturated heterocycles. The van der Waals surface area contributed by atoms with Gasteiger partial charge in [0.25, 0.3) is 0 Å². The number of phenolic OH excluding ortho intramolecular Hbond substituents is 1. The summed E-state index contributed by atoms with van der Waals surface area (Å²) in [5, 5.41) is 9.39. The van der Waals surface area contributed by atoms with E-state index >= 15 is 0 Å². The van der Waals surface area contributed by atoms with Crippen LogP contribution >= 0.6 is 15.9 Å². The molecule has 3 heteroatoms. The summed E-state index contributed by atoms with van der Waals surface area (Å²) < 4.78 is 0.671. The highest BCUT2D eigenvalue weighted by Crippen LogP contribution is 2.31. The number of benzene rings is 1. The molecule has 70 valence electrons. The van der Waals surface area contributed by atoms with Crippen LogP contribution < -0.4 is 5.73 Å². The Morgan fingerprint density at radius 3 is 2.92 bits per heavy atom. The molecule has 1 aromatic carbocycles. The Bertz CT molecular complexity index is 312. The van der Waals surface area contributed by atoms with Gasteiger partial charge in [0.05, 0.1) is 4.47 Å². The first-order valence-electron chi connectivity index (χ1n) is 4.00. The van der Waals surface area contributed by atoms with E-state index in [4.69, 9.17) is 5.73 Å². The Kier molecular flexibility index (Phi) is 3.51. The van der Waals surface area contributed by atoms with Crippen molar-refractivity contribution in [3.8, 4) is 5.75 Å². The van der Waals surface area contributed by atoms with Gasteiger partial charge in [-0.1, -0.05) is 18.2 Å². The second kappa shape index (κ2) is 4.44. The molecule has 0 heterocycles. The van der Waals surface area contributed by atoms with Crippen molar-refractivity contribution in [1.29, 1.82) is 0 Å². The summed E-state index contributed by atoms with van der Waals surface area (Å²) in [7, 11) is 0. The van der Waals surface area contributed by atoms with Gasteiger partial charge in [-0.25, -0.2) is 0 Å². The van der Waals surface area contributed by atoms with E-state index in [9.17, 15) is 5.11 Å². The number of hydrogen-bond donors (Lipinski definition) is 2. The zero-order chi connectivity index (χ0) is 9.84. The molecule has 0 radical (unpaired) electrons. The lowest BCUT2D eigenvalue weighted by molar-refractivity contribution is 0.470. The molecule has 0 aliphatic rings. The molecule has 0 spiro atoms. The molecule has 0 amide bonds. The van der Waals surface area contributed by atoms with Crippen molar-refractivity contribution in [2.24, 2.45) is 5.73 Å². The molecule has 0 fully saturated rings. The monoisotopic (exact) mass is 241 g/mol. The second-order valence-electron chi connectivity index (χ2n) is 2.81. The minimum atomic E-state index is -0.112. The maximum absolute atomic E-state index is 9.39. The summed E-state index contributed by atoms with van der Waals surface area (Å²) in [4.78, 5) is 0. The molecule has 0 aliphatic carbocycles. The Morgan fingerprint density at radius 1 is 1.62 bits per heavy atom. The van der Waals surface area contributed by atoms with Gasteiger partial charge in [-0.05, 0) is 34.0 Å². The van der Waals surface area contributed by atoms with Crippen LogP contribution in [-0.2, 0) is 0 Å². The number of rotatable bonds is 3. The third-order valence-electron chi connectivity index (χ3n) is 1.83. The third-order valence-corrected chi connectivity index (χ3v) is 2.69. The van der Waals surface area contributed by atoms with Crippen LogP contribution in [0.4, 0.5) is 0 Å². The largest absolute Gasteiger partial charge is 0.507 e. The average Bonchev–Trinajstić information content (AvgIpc) is 2.10. The Hall–Kier alpha value is -0.800. The van der Waals surface area contributed by atoms with Crippen LogP contribution in [0, 0.1) is 0 Å². The molecular weight excluding hydrogens is 230 g/mol. The van der Waals surface area contributed by atoms with Gasteiger partial charge in [0.2, 0.25) is 0 Å². The molecule has 3 N–H and O–H groups in total. The fourth-order valence-electron chi connectivity index (χ4n) is 1.13. The van der Waals surface area contributed by atoms with Gasteiger partial charge < -0.3 is 10.8 Å². The van der Waals surface area contributed by atoms with Crippen molar-refractivity contribution >= 4 is 15.9 Å². The first-order chi connectivity index (χ1) is 6.16. The minimum Gasteiger partial charge on any atom is -0.507 e. The fourth-order valence-corrected chi connectivity index (χ4v) is 1.69. The first kappa shape index (κ1) is 10.3. The van der Waals surface area contributed by atoms with Crippen LogP contribution in [0.25, 0.3) is 0 Å². The van der Waals surface area contributed by atoms with E-state index in [-0.39, 0.29) is 11.8 Å². The lowest BCUT2D eigenvalue weighted by Gasteiger charge is -2.12. The molecule has 1 unspecified atom stereocenters. The normalized spacial score (nSPS) is 12.5. The molecule has 0 saturated carbocycles. The predicted octanol–water partition coefficient (Wildman–Crippen LogP) is 2.73. The van der Waals surface area contributed by atoms with Crippen molar-refractivity contribution in [3.63, 3.8) is 0 Å². The minimum absolute atomic E-state index is 0.112. The maximum atomic E-state index is 9.39. The fraction of sp³-hybridized carbons (Fsp3) is 0.200. The molecule has 1 atom stereocenters. The standard InChI is InChI=1S/C10H12BrNO/c1-2-4-8(12)7-5-3-6-9(13)10(7)11/h2-3,5-6,8,13H,1,4,12H2. The molecule has 2 nitrogen and oxygen atoms in total. The molecule has 1 aromatic rings. The van der Waals surface area contributed by atoms with Gasteiger partial charge in [-0.3, -0.25) is 0 Å². The highest BCUT2D eigenvalue weighted by atomic mass is 79.9. The van der Waals surface area contributed by atoms with Crippen LogP contribution in [0.1, 0.15) is 18.0 Å². The van der Waals surface area contributed by atoms with E-state index in [1.807, 2.05) is 6.07 Å². The first-order valence-corrected chi connectivity index (χ1v) is 4.80. The predicted molar refractivity (Wildman–Crippen MR) is 57.5 cm³/mol. The summed E-state index contributed by atoms with van der Waals surface area (Å²) in [6.07, 6.45) is 2.46. The Morgan fingerprint density at radius 2 is 2.31 bits per heavy atom. The number of phenols is 1. The lowest BCUT2D eigenvalue weighted by atomic mass is 10.0. The van der Waals surface area contributed by atoms with E-state index < -0.39 is 0 Å². The molecule has 0 bridgehead atoms. The SMILES string of the molecule is C=CCC(N)c1cccc(O)c1Br. The van der Waals surface area contributed by atoms with Gasteiger partial charge in [-0.2, -0.15) is 0 Å². The summed E-state index contributed by atoms with van der Waals surface area (Å²) in [5.74, 6) is 0.219.